The van der Waals surface area contributed by atoms with Gasteiger partial charge < -0.3 is 20.6 Å². The van der Waals surface area contributed by atoms with Crippen LogP contribution in [0, 0.1) is 5.92 Å². The van der Waals surface area contributed by atoms with Crippen molar-refractivity contribution in [3.63, 3.8) is 0 Å². The molecule has 1 aliphatic carbocycles. The number of benzene rings is 1. The highest BCUT2D eigenvalue weighted by molar-refractivity contribution is 5.97. The zero-order valence-corrected chi connectivity index (χ0v) is 11.6. The Morgan fingerprint density at radius 1 is 1.35 bits per heavy atom. The summed E-state index contributed by atoms with van der Waals surface area (Å²) in [6.45, 7) is 2.32. The number of rotatable bonds is 3. The highest BCUT2D eigenvalue weighted by Crippen LogP contribution is 2.32. The summed E-state index contributed by atoms with van der Waals surface area (Å²) >= 11 is 0. The number of aromatic hydroxyl groups is 2. The molecular weight excluding hydrogens is 258 g/mol. The molecule has 1 saturated carbocycles. The van der Waals surface area contributed by atoms with Crippen LogP contribution in [-0.4, -0.2) is 33.4 Å². The molecule has 0 radical (unpaired) electrons. The SMILES string of the molecule is CC1CCC(O)(CNC(=O)c2cccc(O)c2O)CC1. The minimum atomic E-state index is -0.866. The summed E-state index contributed by atoms with van der Waals surface area (Å²) in [7, 11) is 0. The van der Waals surface area contributed by atoms with E-state index in [0.717, 1.165) is 12.8 Å². The lowest BCUT2D eigenvalue weighted by molar-refractivity contribution is -0.00542. The van der Waals surface area contributed by atoms with Gasteiger partial charge in [0.15, 0.2) is 11.5 Å². The number of nitrogens with one attached hydrogen (secondary N) is 1. The van der Waals surface area contributed by atoms with E-state index in [1.807, 2.05) is 0 Å². The molecule has 1 fully saturated rings. The molecule has 5 heteroatoms. The van der Waals surface area contributed by atoms with Crippen LogP contribution in [-0.2, 0) is 0 Å². The van der Waals surface area contributed by atoms with Crippen LogP contribution in [0.15, 0.2) is 18.2 Å². The second-order valence-electron chi connectivity index (χ2n) is 5.76. The lowest BCUT2D eigenvalue weighted by atomic mass is 9.79. The molecule has 1 aliphatic rings. The van der Waals surface area contributed by atoms with E-state index < -0.39 is 17.3 Å². The van der Waals surface area contributed by atoms with Crippen molar-refractivity contribution in [1.82, 2.24) is 5.32 Å². The predicted molar refractivity (Wildman–Crippen MR) is 74.7 cm³/mol. The second-order valence-corrected chi connectivity index (χ2v) is 5.76. The van der Waals surface area contributed by atoms with Crippen LogP contribution < -0.4 is 5.32 Å². The fourth-order valence-electron chi connectivity index (χ4n) is 2.53. The summed E-state index contributed by atoms with van der Waals surface area (Å²) in [4.78, 5) is 12.0. The van der Waals surface area contributed by atoms with E-state index in [-0.39, 0.29) is 17.9 Å². The van der Waals surface area contributed by atoms with Gasteiger partial charge >= 0.3 is 0 Å². The Bertz CT molecular complexity index is 493. The van der Waals surface area contributed by atoms with Crippen LogP contribution in [0.5, 0.6) is 11.5 Å². The van der Waals surface area contributed by atoms with Gasteiger partial charge in [-0.1, -0.05) is 13.0 Å². The molecule has 0 aromatic heterocycles. The predicted octanol–water partition coefficient (Wildman–Crippen LogP) is 1.77. The van der Waals surface area contributed by atoms with Gasteiger partial charge in [0.05, 0.1) is 11.2 Å². The summed E-state index contributed by atoms with van der Waals surface area (Å²) in [5, 5.41) is 32.0. The van der Waals surface area contributed by atoms with Crippen molar-refractivity contribution in [2.75, 3.05) is 6.54 Å². The maximum Gasteiger partial charge on any atom is 0.255 e. The van der Waals surface area contributed by atoms with Crippen molar-refractivity contribution in [2.45, 2.75) is 38.2 Å². The summed E-state index contributed by atoms with van der Waals surface area (Å²) in [6.07, 6.45) is 3.23. The van der Waals surface area contributed by atoms with Gasteiger partial charge in [-0.25, -0.2) is 0 Å². The number of carbonyl (C=O) groups is 1. The number of hydrogen-bond acceptors (Lipinski definition) is 4. The second kappa shape index (κ2) is 5.71. The number of carbonyl (C=O) groups excluding carboxylic acids is 1. The Kier molecular flexibility index (Phi) is 4.18. The Balaban J connectivity index is 1.97. The van der Waals surface area contributed by atoms with E-state index in [1.54, 1.807) is 0 Å². The molecule has 2 rings (SSSR count). The molecule has 1 amide bonds. The molecule has 1 aromatic rings. The molecule has 0 heterocycles. The van der Waals surface area contributed by atoms with Crippen molar-refractivity contribution in [2.24, 2.45) is 5.92 Å². The first-order valence-electron chi connectivity index (χ1n) is 6.93. The molecule has 0 unspecified atom stereocenters. The first-order valence-corrected chi connectivity index (χ1v) is 6.93. The van der Waals surface area contributed by atoms with Crippen LogP contribution in [0.4, 0.5) is 0 Å². The van der Waals surface area contributed by atoms with Crippen molar-refractivity contribution in [3.05, 3.63) is 23.8 Å². The first-order chi connectivity index (χ1) is 9.41. The van der Waals surface area contributed by atoms with Gasteiger partial charge in [0.25, 0.3) is 5.91 Å². The van der Waals surface area contributed by atoms with Gasteiger partial charge in [-0.05, 0) is 43.7 Å². The van der Waals surface area contributed by atoms with E-state index in [4.69, 9.17) is 0 Å². The summed E-state index contributed by atoms with van der Waals surface area (Å²) in [5.74, 6) is -0.649. The summed E-state index contributed by atoms with van der Waals surface area (Å²) < 4.78 is 0. The highest BCUT2D eigenvalue weighted by atomic mass is 16.3. The molecular formula is C15H21NO4. The molecule has 0 bridgehead atoms. The fourth-order valence-corrected chi connectivity index (χ4v) is 2.53. The molecule has 5 nitrogen and oxygen atoms in total. The largest absolute Gasteiger partial charge is 0.504 e. The van der Waals surface area contributed by atoms with Crippen LogP contribution in [0.2, 0.25) is 0 Å². The quantitative estimate of drug-likeness (QED) is 0.635. The molecule has 110 valence electrons. The smallest absolute Gasteiger partial charge is 0.255 e. The number of phenols is 2. The Hall–Kier alpha value is -1.75. The molecule has 0 spiro atoms. The first kappa shape index (κ1) is 14.7. The molecule has 0 saturated heterocycles. The van der Waals surface area contributed by atoms with Crippen LogP contribution in [0.3, 0.4) is 0 Å². The van der Waals surface area contributed by atoms with Gasteiger partial charge in [-0.3, -0.25) is 4.79 Å². The number of amides is 1. The van der Waals surface area contributed by atoms with E-state index in [9.17, 15) is 20.1 Å². The number of hydrogen-bond donors (Lipinski definition) is 4. The summed E-state index contributed by atoms with van der Waals surface area (Å²) in [5.41, 5.74) is -0.855. The van der Waals surface area contributed by atoms with Crippen molar-refractivity contribution < 1.29 is 20.1 Å². The fraction of sp³-hybridized carbons (Fsp3) is 0.533. The Morgan fingerprint density at radius 3 is 2.65 bits per heavy atom. The van der Waals surface area contributed by atoms with Gasteiger partial charge in [0.1, 0.15) is 0 Å². The third-order valence-electron chi connectivity index (χ3n) is 4.04. The van der Waals surface area contributed by atoms with Gasteiger partial charge in [-0.2, -0.15) is 0 Å². The van der Waals surface area contributed by atoms with Crippen LogP contribution in [0.1, 0.15) is 43.0 Å². The standard InChI is InChI=1S/C15H21NO4/c1-10-5-7-15(20,8-6-10)9-16-14(19)11-3-2-4-12(17)13(11)18/h2-4,10,17-18,20H,5-9H2,1H3,(H,16,19). The minimum absolute atomic E-state index is 0.0118. The van der Waals surface area contributed by atoms with Crippen molar-refractivity contribution in [1.29, 1.82) is 0 Å². The van der Waals surface area contributed by atoms with Gasteiger partial charge in [0.2, 0.25) is 0 Å². The van der Waals surface area contributed by atoms with Crippen LogP contribution >= 0.6 is 0 Å². The van der Waals surface area contributed by atoms with Crippen molar-refractivity contribution in [3.8, 4) is 11.5 Å². The zero-order chi connectivity index (χ0) is 14.8. The van der Waals surface area contributed by atoms with Gasteiger partial charge in [0, 0.05) is 6.54 Å². The van der Waals surface area contributed by atoms with E-state index in [1.165, 1.54) is 18.2 Å². The monoisotopic (exact) mass is 279 g/mol. The zero-order valence-electron chi connectivity index (χ0n) is 11.6. The highest BCUT2D eigenvalue weighted by Gasteiger charge is 2.32. The summed E-state index contributed by atoms with van der Waals surface area (Å²) in [6, 6.07) is 4.22. The average molecular weight is 279 g/mol. The molecule has 4 N–H and O–H groups in total. The maximum atomic E-state index is 12.0. The minimum Gasteiger partial charge on any atom is -0.504 e. The van der Waals surface area contributed by atoms with Crippen LogP contribution in [0.25, 0.3) is 0 Å². The van der Waals surface area contributed by atoms with E-state index in [0.29, 0.717) is 18.8 Å². The lowest BCUT2D eigenvalue weighted by Gasteiger charge is -2.34. The third-order valence-corrected chi connectivity index (χ3v) is 4.04. The molecule has 20 heavy (non-hydrogen) atoms. The maximum absolute atomic E-state index is 12.0. The Morgan fingerprint density at radius 2 is 2.00 bits per heavy atom. The van der Waals surface area contributed by atoms with Gasteiger partial charge in [-0.15, -0.1) is 0 Å². The topological polar surface area (TPSA) is 89.8 Å². The van der Waals surface area contributed by atoms with E-state index in [2.05, 4.69) is 12.2 Å². The molecule has 1 aromatic carbocycles. The number of para-hydroxylation sites is 1. The normalized spacial score (nSPS) is 26.2. The Labute approximate surface area is 118 Å². The van der Waals surface area contributed by atoms with E-state index >= 15 is 0 Å². The van der Waals surface area contributed by atoms with Crippen molar-refractivity contribution >= 4 is 5.91 Å². The third kappa shape index (κ3) is 3.22. The molecule has 0 atom stereocenters. The lowest BCUT2D eigenvalue weighted by Crippen LogP contribution is -2.45. The average Bonchev–Trinajstić information content (AvgIpc) is 2.43. The molecule has 0 aliphatic heterocycles. The number of aliphatic hydroxyl groups is 1. The number of phenolic OH excluding ortho intramolecular Hbond substituents is 2.